The average Bonchev–Trinajstić information content (AvgIpc) is 2.54. The molecule has 1 rings (SSSR count). The standard InChI is InChI=1S/C11H19ClN2O/c1-5-8(4)14-11(12)9(6-15)10(13-14)7(2)3/h7-8,15H,5-6H2,1-4H3. The summed E-state index contributed by atoms with van der Waals surface area (Å²) in [6.45, 7) is 8.24. The minimum absolute atomic E-state index is 0.0389. The average molecular weight is 231 g/mol. The van der Waals surface area contributed by atoms with Gasteiger partial charge in [0.05, 0.1) is 18.3 Å². The van der Waals surface area contributed by atoms with Crippen molar-refractivity contribution in [3.63, 3.8) is 0 Å². The molecule has 0 amide bonds. The Bertz CT molecular complexity index is 334. The van der Waals surface area contributed by atoms with Crippen molar-refractivity contribution in [2.45, 2.75) is 52.7 Å². The number of hydrogen-bond acceptors (Lipinski definition) is 2. The van der Waals surface area contributed by atoms with Crippen LogP contribution in [0.5, 0.6) is 0 Å². The third kappa shape index (κ3) is 2.34. The fourth-order valence-electron chi connectivity index (χ4n) is 1.54. The van der Waals surface area contributed by atoms with Gasteiger partial charge in [-0.2, -0.15) is 5.10 Å². The molecular weight excluding hydrogens is 212 g/mol. The lowest BCUT2D eigenvalue weighted by molar-refractivity contribution is 0.280. The lowest BCUT2D eigenvalue weighted by Gasteiger charge is -2.10. The fraction of sp³-hybridized carbons (Fsp3) is 0.727. The molecule has 1 aromatic rings. The van der Waals surface area contributed by atoms with Gasteiger partial charge in [-0.25, -0.2) is 0 Å². The van der Waals surface area contributed by atoms with Crippen LogP contribution in [0.25, 0.3) is 0 Å². The van der Waals surface area contributed by atoms with Crippen molar-refractivity contribution >= 4 is 11.6 Å². The van der Waals surface area contributed by atoms with Gasteiger partial charge in [-0.3, -0.25) is 4.68 Å². The molecule has 0 fully saturated rings. The second kappa shape index (κ2) is 4.99. The van der Waals surface area contributed by atoms with Gasteiger partial charge < -0.3 is 5.11 Å². The highest BCUT2D eigenvalue weighted by Crippen LogP contribution is 2.28. The van der Waals surface area contributed by atoms with Gasteiger partial charge in [0.15, 0.2) is 0 Å². The largest absolute Gasteiger partial charge is 0.391 e. The smallest absolute Gasteiger partial charge is 0.133 e. The van der Waals surface area contributed by atoms with Crippen molar-refractivity contribution in [1.29, 1.82) is 0 Å². The maximum atomic E-state index is 9.28. The van der Waals surface area contributed by atoms with Gasteiger partial charge in [-0.1, -0.05) is 32.4 Å². The molecule has 1 heterocycles. The van der Waals surface area contributed by atoms with Gasteiger partial charge in [0.2, 0.25) is 0 Å². The number of hydrogen-bond donors (Lipinski definition) is 1. The number of aromatic nitrogens is 2. The summed E-state index contributed by atoms with van der Waals surface area (Å²) in [5.74, 6) is 0.287. The summed E-state index contributed by atoms with van der Waals surface area (Å²) in [6, 6.07) is 0.273. The normalized spacial score (nSPS) is 13.5. The van der Waals surface area contributed by atoms with Crippen LogP contribution in [0.4, 0.5) is 0 Å². The van der Waals surface area contributed by atoms with Crippen LogP contribution in [0.3, 0.4) is 0 Å². The summed E-state index contributed by atoms with van der Waals surface area (Å²) in [6.07, 6.45) is 0.976. The third-order valence-electron chi connectivity index (χ3n) is 2.69. The highest BCUT2D eigenvalue weighted by Gasteiger charge is 2.19. The van der Waals surface area contributed by atoms with Gasteiger partial charge in [-0.05, 0) is 19.3 Å². The SMILES string of the molecule is CCC(C)n1nc(C(C)C)c(CO)c1Cl. The van der Waals surface area contributed by atoms with E-state index >= 15 is 0 Å². The van der Waals surface area contributed by atoms with Gasteiger partial charge in [-0.15, -0.1) is 0 Å². The van der Waals surface area contributed by atoms with Crippen LogP contribution < -0.4 is 0 Å². The first-order chi connectivity index (χ1) is 7.02. The van der Waals surface area contributed by atoms with Gasteiger partial charge in [0.25, 0.3) is 0 Å². The number of rotatable bonds is 4. The second-order valence-corrected chi connectivity index (χ2v) is 4.53. The molecule has 0 radical (unpaired) electrons. The lowest BCUT2D eigenvalue weighted by Crippen LogP contribution is -2.06. The Morgan fingerprint density at radius 2 is 2.00 bits per heavy atom. The van der Waals surface area contributed by atoms with E-state index in [2.05, 4.69) is 32.8 Å². The molecule has 3 nitrogen and oxygen atoms in total. The predicted octanol–water partition coefficient (Wildman–Crippen LogP) is 3.12. The third-order valence-corrected chi connectivity index (χ3v) is 3.09. The molecule has 0 aliphatic rings. The molecule has 0 aliphatic heterocycles. The number of aliphatic hydroxyl groups excluding tert-OH is 1. The number of nitrogens with zero attached hydrogens (tertiary/aromatic N) is 2. The molecule has 0 bridgehead atoms. The molecule has 1 atom stereocenters. The minimum atomic E-state index is -0.0389. The van der Waals surface area contributed by atoms with E-state index in [1.165, 1.54) is 0 Å². The second-order valence-electron chi connectivity index (χ2n) is 4.17. The first kappa shape index (κ1) is 12.5. The van der Waals surface area contributed by atoms with Crippen LogP contribution >= 0.6 is 11.6 Å². The summed E-state index contributed by atoms with van der Waals surface area (Å²) in [4.78, 5) is 0. The molecule has 1 unspecified atom stereocenters. The Kier molecular flexibility index (Phi) is 4.17. The molecule has 86 valence electrons. The van der Waals surface area contributed by atoms with E-state index < -0.39 is 0 Å². The summed E-state index contributed by atoms with van der Waals surface area (Å²) < 4.78 is 1.81. The fourth-order valence-corrected chi connectivity index (χ4v) is 1.90. The number of halogens is 1. The van der Waals surface area contributed by atoms with E-state index in [1.807, 2.05) is 4.68 Å². The van der Waals surface area contributed by atoms with Gasteiger partial charge in [0.1, 0.15) is 5.15 Å². The molecule has 4 heteroatoms. The Balaban J connectivity index is 3.20. The zero-order valence-electron chi connectivity index (χ0n) is 9.79. The summed E-state index contributed by atoms with van der Waals surface area (Å²) in [5.41, 5.74) is 1.68. The van der Waals surface area contributed by atoms with Crippen LogP contribution in [0, 0.1) is 0 Å². The first-order valence-electron chi connectivity index (χ1n) is 5.40. The zero-order valence-corrected chi connectivity index (χ0v) is 10.5. The minimum Gasteiger partial charge on any atom is -0.391 e. The summed E-state index contributed by atoms with van der Waals surface area (Å²) >= 11 is 6.19. The van der Waals surface area contributed by atoms with Crippen LogP contribution in [-0.2, 0) is 6.61 Å². The molecule has 0 aliphatic carbocycles. The molecular formula is C11H19ClN2O. The maximum absolute atomic E-state index is 9.28. The van der Waals surface area contributed by atoms with E-state index in [1.54, 1.807) is 0 Å². The molecule has 0 saturated carbocycles. The Labute approximate surface area is 96.1 Å². The van der Waals surface area contributed by atoms with Crippen molar-refractivity contribution in [3.8, 4) is 0 Å². The van der Waals surface area contributed by atoms with Crippen LogP contribution in [0.1, 0.15) is 57.3 Å². The highest BCUT2D eigenvalue weighted by atomic mass is 35.5. The van der Waals surface area contributed by atoms with Crippen LogP contribution in [-0.4, -0.2) is 14.9 Å². The van der Waals surface area contributed by atoms with Crippen molar-refractivity contribution in [2.75, 3.05) is 0 Å². The van der Waals surface area contributed by atoms with Crippen molar-refractivity contribution < 1.29 is 5.11 Å². The van der Waals surface area contributed by atoms with E-state index in [9.17, 15) is 5.11 Å². The van der Waals surface area contributed by atoms with Crippen molar-refractivity contribution in [3.05, 3.63) is 16.4 Å². The Morgan fingerprint density at radius 3 is 2.33 bits per heavy atom. The lowest BCUT2D eigenvalue weighted by atomic mass is 10.1. The topological polar surface area (TPSA) is 38.0 Å². The monoisotopic (exact) mass is 230 g/mol. The van der Waals surface area contributed by atoms with E-state index in [4.69, 9.17) is 11.6 Å². The summed E-state index contributed by atoms with van der Waals surface area (Å²) in [5, 5.41) is 14.3. The molecule has 0 aromatic carbocycles. The van der Waals surface area contributed by atoms with E-state index in [-0.39, 0.29) is 18.6 Å². The highest BCUT2D eigenvalue weighted by molar-refractivity contribution is 6.30. The van der Waals surface area contributed by atoms with Crippen LogP contribution in [0.15, 0.2) is 0 Å². The zero-order chi connectivity index (χ0) is 11.6. The van der Waals surface area contributed by atoms with E-state index in [0.717, 1.165) is 17.7 Å². The van der Waals surface area contributed by atoms with E-state index in [0.29, 0.717) is 5.15 Å². The number of aliphatic hydroxyl groups is 1. The van der Waals surface area contributed by atoms with Gasteiger partial charge >= 0.3 is 0 Å². The van der Waals surface area contributed by atoms with Crippen molar-refractivity contribution in [2.24, 2.45) is 0 Å². The van der Waals surface area contributed by atoms with Crippen LogP contribution in [0.2, 0.25) is 5.15 Å². The van der Waals surface area contributed by atoms with Gasteiger partial charge in [0, 0.05) is 5.56 Å². The quantitative estimate of drug-likeness (QED) is 0.863. The molecule has 1 aromatic heterocycles. The molecule has 15 heavy (non-hydrogen) atoms. The summed E-state index contributed by atoms with van der Waals surface area (Å²) in [7, 11) is 0. The van der Waals surface area contributed by atoms with Crippen molar-refractivity contribution in [1.82, 2.24) is 9.78 Å². The molecule has 1 N–H and O–H groups in total. The first-order valence-corrected chi connectivity index (χ1v) is 5.78. The Hall–Kier alpha value is -0.540. The molecule has 0 spiro atoms. The predicted molar refractivity (Wildman–Crippen MR) is 62.3 cm³/mol. The molecule has 0 saturated heterocycles. The Morgan fingerprint density at radius 1 is 1.40 bits per heavy atom. The maximum Gasteiger partial charge on any atom is 0.133 e.